The third kappa shape index (κ3) is 3.60. The molecule has 15 heavy (non-hydrogen) atoms. The minimum atomic E-state index is -0.647. The van der Waals surface area contributed by atoms with Gasteiger partial charge in [0.25, 0.3) is 0 Å². The molecule has 0 aliphatic carbocycles. The van der Waals surface area contributed by atoms with Gasteiger partial charge in [0, 0.05) is 19.1 Å². The molecule has 0 saturated heterocycles. The van der Waals surface area contributed by atoms with Gasteiger partial charge in [0.2, 0.25) is 0 Å². The first-order chi connectivity index (χ1) is 7.17. The van der Waals surface area contributed by atoms with E-state index in [1.165, 1.54) is 0 Å². The molecule has 0 radical (unpaired) electrons. The number of nitrogens with two attached hydrogens (primary N) is 3. The van der Waals surface area contributed by atoms with E-state index < -0.39 is 6.10 Å². The molecule has 0 aliphatic rings. The van der Waals surface area contributed by atoms with Crippen LogP contribution in [0.4, 0.5) is 0 Å². The van der Waals surface area contributed by atoms with Crippen LogP contribution in [0.1, 0.15) is 11.1 Å². The summed E-state index contributed by atoms with van der Waals surface area (Å²) in [5.74, 6) is 0. The average Bonchev–Trinajstić information content (AvgIpc) is 2.28. The highest BCUT2D eigenvalue weighted by Crippen LogP contribution is 2.08. The Morgan fingerprint density at radius 2 is 1.87 bits per heavy atom. The minimum Gasteiger partial charge on any atom is -0.390 e. The van der Waals surface area contributed by atoms with E-state index in [1.54, 1.807) is 0 Å². The first-order valence-electron chi connectivity index (χ1n) is 5.09. The van der Waals surface area contributed by atoms with Crippen molar-refractivity contribution >= 4 is 0 Å². The first-order valence-corrected chi connectivity index (χ1v) is 5.09. The number of hydrogen-bond donors (Lipinski definition) is 4. The van der Waals surface area contributed by atoms with Gasteiger partial charge in [0.1, 0.15) is 0 Å². The Hall–Kier alpha value is -0.940. The zero-order chi connectivity index (χ0) is 11.3. The molecular formula is C11H19N3O. The van der Waals surface area contributed by atoms with Crippen LogP contribution in [0, 0.1) is 0 Å². The zero-order valence-electron chi connectivity index (χ0n) is 8.76. The molecule has 4 nitrogen and oxygen atoms in total. The van der Waals surface area contributed by atoms with Crippen molar-refractivity contribution in [2.45, 2.75) is 25.1 Å². The Morgan fingerprint density at radius 1 is 1.20 bits per heavy atom. The molecule has 0 aliphatic heterocycles. The van der Waals surface area contributed by atoms with Crippen LogP contribution in [0.5, 0.6) is 0 Å². The van der Waals surface area contributed by atoms with Gasteiger partial charge in [-0.1, -0.05) is 24.3 Å². The van der Waals surface area contributed by atoms with Crippen LogP contribution in [-0.2, 0) is 13.0 Å². The second-order valence-corrected chi connectivity index (χ2v) is 3.70. The third-order valence-electron chi connectivity index (χ3n) is 2.43. The molecule has 0 bridgehead atoms. The largest absolute Gasteiger partial charge is 0.390 e. The molecule has 1 rings (SSSR count). The molecule has 2 unspecified atom stereocenters. The summed E-state index contributed by atoms with van der Waals surface area (Å²) in [5.41, 5.74) is 18.8. The smallest absolute Gasteiger partial charge is 0.0816 e. The van der Waals surface area contributed by atoms with E-state index in [1.807, 2.05) is 24.3 Å². The van der Waals surface area contributed by atoms with E-state index in [0.717, 1.165) is 11.1 Å². The summed E-state index contributed by atoms with van der Waals surface area (Å²) in [5, 5.41) is 9.44. The van der Waals surface area contributed by atoms with Crippen molar-refractivity contribution < 1.29 is 5.11 Å². The van der Waals surface area contributed by atoms with E-state index >= 15 is 0 Å². The maximum Gasteiger partial charge on any atom is 0.0816 e. The van der Waals surface area contributed by atoms with Crippen molar-refractivity contribution in [3.63, 3.8) is 0 Å². The van der Waals surface area contributed by atoms with E-state index in [4.69, 9.17) is 17.2 Å². The number of aliphatic hydroxyl groups is 1. The highest BCUT2D eigenvalue weighted by atomic mass is 16.3. The van der Waals surface area contributed by atoms with Crippen molar-refractivity contribution in [3.05, 3.63) is 35.4 Å². The van der Waals surface area contributed by atoms with Crippen molar-refractivity contribution in [2.75, 3.05) is 6.54 Å². The molecule has 0 amide bonds. The van der Waals surface area contributed by atoms with Crippen LogP contribution in [-0.4, -0.2) is 23.8 Å². The molecule has 0 saturated carbocycles. The van der Waals surface area contributed by atoms with Gasteiger partial charge in [-0.15, -0.1) is 0 Å². The Labute approximate surface area is 90.1 Å². The summed E-state index contributed by atoms with van der Waals surface area (Å²) < 4.78 is 0. The lowest BCUT2D eigenvalue weighted by atomic mass is 10.0. The van der Waals surface area contributed by atoms with Gasteiger partial charge in [0.05, 0.1) is 6.10 Å². The summed E-state index contributed by atoms with van der Waals surface area (Å²) in [6, 6.07) is 7.57. The van der Waals surface area contributed by atoms with Crippen LogP contribution in [0.2, 0.25) is 0 Å². The van der Waals surface area contributed by atoms with E-state index in [9.17, 15) is 5.11 Å². The lowest BCUT2D eigenvalue weighted by Gasteiger charge is -2.17. The Bertz CT molecular complexity index is 304. The standard InChI is InChI=1S/C11H19N3O/c12-6-9-3-1-2-8(4-9)5-10(14)11(15)7-13/h1-4,10-11,15H,5-7,12-14H2. The van der Waals surface area contributed by atoms with E-state index in [0.29, 0.717) is 13.0 Å². The zero-order valence-corrected chi connectivity index (χ0v) is 8.76. The molecule has 0 spiro atoms. The molecule has 1 aromatic rings. The van der Waals surface area contributed by atoms with Crippen LogP contribution >= 0.6 is 0 Å². The maximum atomic E-state index is 9.44. The highest BCUT2D eigenvalue weighted by molar-refractivity contribution is 5.24. The van der Waals surface area contributed by atoms with Gasteiger partial charge < -0.3 is 22.3 Å². The van der Waals surface area contributed by atoms with E-state index in [2.05, 4.69) is 0 Å². The van der Waals surface area contributed by atoms with Gasteiger partial charge in [-0.05, 0) is 17.5 Å². The maximum absolute atomic E-state index is 9.44. The van der Waals surface area contributed by atoms with Crippen LogP contribution < -0.4 is 17.2 Å². The third-order valence-corrected chi connectivity index (χ3v) is 2.43. The molecule has 1 aromatic carbocycles. The predicted molar refractivity (Wildman–Crippen MR) is 61.1 cm³/mol. The molecule has 7 N–H and O–H groups in total. The quantitative estimate of drug-likeness (QED) is 0.517. The van der Waals surface area contributed by atoms with Crippen molar-refractivity contribution in [1.29, 1.82) is 0 Å². The summed E-state index contributed by atoms with van der Waals surface area (Å²) in [6.07, 6.45) is -0.0295. The van der Waals surface area contributed by atoms with Crippen LogP contribution in [0.3, 0.4) is 0 Å². The predicted octanol–water partition coefficient (Wildman–Crippen LogP) is -0.665. The van der Waals surface area contributed by atoms with Gasteiger partial charge in [-0.2, -0.15) is 0 Å². The second kappa shape index (κ2) is 5.82. The fourth-order valence-electron chi connectivity index (χ4n) is 1.47. The van der Waals surface area contributed by atoms with Crippen molar-refractivity contribution in [3.8, 4) is 0 Å². The molecule has 0 fully saturated rings. The topological polar surface area (TPSA) is 98.3 Å². The molecule has 84 valence electrons. The summed E-state index contributed by atoms with van der Waals surface area (Å²) in [4.78, 5) is 0. The summed E-state index contributed by atoms with van der Waals surface area (Å²) >= 11 is 0. The first kappa shape index (κ1) is 12.1. The number of hydrogen-bond acceptors (Lipinski definition) is 4. The fourth-order valence-corrected chi connectivity index (χ4v) is 1.47. The lowest BCUT2D eigenvalue weighted by Crippen LogP contribution is -2.41. The molecule has 4 heteroatoms. The van der Waals surface area contributed by atoms with Crippen molar-refractivity contribution in [1.82, 2.24) is 0 Å². The molecule has 0 aromatic heterocycles. The fraction of sp³-hybridized carbons (Fsp3) is 0.455. The molecule has 0 heterocycles. The second-order valence-electron chi connectivity index (χ2n) is 3.70. The van der Waals surface area contributed by atoms with Crippen molar-refractivity contribution in [2.24, 2.45) is 17.2 Å². The SMILES string of the molecule is NCc1cccc(CC(N)C(O)CN)c1. The van der Waals surface area contributed by atoms with Gasteiger partial charge in [0.15, 0.2) is 0 Å². The number of rotatable bonds is 5. The summed E-state index contributed by atoms with van der Waals surface area (Å²) in [6.45, 7) is 0.709. The molecule has 2 atom stereocenters. The Balaban J connectivity index is 2.63. The van der Waals surface area contributed by atoms with Crippen LogP contribution in [0.15, 0.2) is 24.3 Å². The van der Waals surface area contributed by atoms with Gasteiger partial charge in [-0.25, -0.2) is 0 Å². The van der Waals surface area contributed by atoms with Crippen LogP contribution in [0.25, 0.3) is 0 Å². The average molecular weight is 209 g/mol. The lowest BCUT2D eigenvalue weighted by molar-refractivity contribution is 0.152. The molecular weight excluding hydrogens is 190 g/mol. The highest BCUT2D eigenvalue weighted by Gasteiger charge is 2.13. The van der Waals surface area contributed by atoms with E-state index in [-0.39, 0.29) is 12.6 Å². The Kier molecular flexibility index (Phi) is 4.71. The van der Waals surface area contributed by atoms with Gasteiger partial charge >= 0.3 is 0 Å². The van der Waals surface area contributed by atoms with Gasteiger partial charge in [-0.3, -0.25) is 0 Å². The monoisotopic (exact) mass is 209 g/mol. The number of aliphatic hydroxyl groups excluding tert-OH is 1. The normalized spacial score (nSPS) is 14.9. The number of benzene rings is 1. The summed E-state index contributed by atoms with van der Waals surface area (Å²) in [7, 11) is 0. The minimum absolute atomic E-state index is 0.192. The Morgan fingerprint density at radius 3 is 2.47 bits per heavy atom.